The van der Waals surface area contributed by atoms with Crippen molar-refractivity contribution in [3.05, 3.63) is 70.8 Å². The number of aryl methyl sites for hydroxylation is 1. The number of nitrogens with zero attached hydrogens (tertiary/aromatic N) is 4. The second-order valence-corrected chi connectivity index (χ2v) is 11.2. The van der Waals surface area contributed by atoms with Gasteiger partial charge >= 0.3 is 0 Å². The highest BCUT2D eigenvalue weighted by atomic mass is 32.2. The average molecular weight is 599 g/mol. The summed E-state index contributed by atoms with van der Waals surface area (Å²) in [6.07, 6.45) is 3.62. The molecule has 0 spiro atoms. The second kappa shape index (κ2) is 16.3. The van der Waals surface area contributed by atoms with Crippen molar-refractivity contribution in [3.8, 4) is 0 Å². The molecule has 1 aromatic heterocycles. The molecule has 0 bridgehead atoms. The first-order valence-corrected chi connectivity index (χ1v) is 15.1. The number of tetrazole rings is 1. The third kappa shape index (κ3) is 9.60. The minimum atomic E-state index is -0.573. The Kier molecular flexibility index (Phi) is 12.3. The van der Waals surface area contributed by atoms with Crippen LogP contribution in [0.4, 0.5) is 0 Å². The summed E-state index contributed by atoms with van der Waals surface area (Å²) in [5.41, 5.74) is 5.34. The molecular weight excluding hydrogens is 560 g/mol. The second-order valence-electron chi connectivity index (χ2n) is 10.2. The van der Waals surface area contributed by atoms with E-state index in [1.807, 2.05) is 48.5 Å². The van der Waals surface area contributed by atoms with Crippen molar-refractivity contribution in [3.63, 3.8) is 0 Å². The van der Waals surface area contributed by atoms with Crippen molar-refractivity contribution in [2.24, 2.45) is 7.05 Å². The Bertz CT molecular complexity index is 1270. The lowest BCUT2D eigenvalue weighted by Gasteiger charge is -2.36. The van der Waals surface area contributed by atoms with Crippen LogP contribution in [0.5, 0.6) is 0 Å². The fourth-order valence-corrected chi connectivity index (χ4v) is 5.46. The van der Waals surface area contributed by atoms with E-state index in [4.69, 9.17) is 14.7 Å². The van der Waals surface area contributed by atoms with Gasteiger partial charge in [-0.2, -0.15) is 0 Å². The van der Waals surface area contributed by atoms with E-state index in [1.165, 1.54) is 11.8 Å². The van der Waals surface area contributed by atoms with Gasteiger partial charge < -0.3 is 19.9 Å². The summed E-state index contributed by atoms with van der Waals surface area (Å²) < 4.78 is 14.4. The van der Waals surface area contributed by atoms with Gasteiger partial charge in [0.15, 0.2) is 6.29 Å². The number of unbranched alkanes of at least 4 members (excludes halogenated alkanes) is 3. The number of amides is 2. The molecule has 0 saturated carbocycles. The molecule has 2 heterocycles. The lowest BCUT2D eigenvalue weighted by Crippen LogP contribution is -2.31. The summed E-state index contributed by atoms with van der Waals surface area (Å²) in [6, 6.07) is 15.6. The molecule has 4 rings (SSSR count). The zero-order valence-corrected chi connectivity index (χ0v) is 24.5. The molecule has 1 aliphatic rings. The highest BCUT2D eigenvalue weighted by Gasteiger charge is 2.32. The first-order chi connectivity index (χ1) is 20.4. The lowest BCUT2D eigenvalue weighted by molar-refractivity contribution is -0.245. The van der Waals surface area contributed by atoms with Crippen molar-refractivity contribution in [2.45, 2.75) is 81.8 Å². The SMILES string of the molecule is Cn1nnnc1SCC1CC(c2ccc(CO)cc2)OC(c2ccc(CNC(=O)CCCCCCC(=O)NO)cc2)O1. The topological polar surface area (TPSA) is 161 Å². The molecular formula is C29H38N6O6S. The van der Waals surface area contributed by atoms with Crippen LogP contribution in [0.25, 0.3) is 0 Å². The number of thioether (sulfide) groups is 1. The number of aliphatic hydroxyl groups excluding tert-OH is 1. The van der Waals surface area contributed by atoms with Gasteiger partial charge in [-0.15, -0.1) is 5.10 Å². The highest BCUT2D eigenvalue weighted by molar-refractivity contribution is 7.99. The predicted octanol–water partition coefficient (Wildman–Crippen LogP) is 3.50. The van der Waals surface area contributed by atoms with Crippen LogP contribution in [0.2, 0.25) is 0 Å². The summed E-state index contributed by atoms with van der Waals surface area (Å²) in [4.78, 5) is 23.3. The van der Waals surface area contributed by atoms with Gasteiger partial charge in [0.25, 0.3) is 0 Å². The van der Waals surface area contributed by atoms with E-state index >= 15 is 0 Å². The van der Waals surface area contributed by atoms with Crippen molar-refractivity contribution < 1.29 is 29.4 Å². The van der Waals surface area contributed by atoms with Crippen molar-refractivity contribution in [1.29, 1.82) is 0 Å². The van der Waals surface area contributed by atoms with Gasteiger partial charge in [0, 0.05) is 44.2 Å². The Hall–Kier alpha value is -3.36. The number of rotatable bonds is 15. The van der Waals surface area contributed by atoms with E-state index in [0.29, 0.717) is 36.7 Å². The summed E-state index contributed by atoms with van der Waals surface area (Å²) in [5.74, 6) is 0.254. The summed E-state index contributed by atoms with van der Waals surface area (Å²) in [5, 5.41) is 33.2. The molecule has 1 aliphatic heterocycles. The zero-order chi connectivity index (χ0) is 29.7. The first kappa shape index (κ1) is 31.6. The Balaban J connectivity index is 1.30. The van der Waals surface area contributed by atoms with Crippen LogP contribution in [-0.2, 0) is 39.3 Å². The standard InChI is InChI=1S/C29H38N6O6S/c1-35-29(31-33-34-35)42-19-24-16-25(22-12-10-21(18-36)11-13-22)41-28(40-24)23-14-8-20(9-15-23)17-30-26(37)6-4-2-3-5-7-27(38)32-39/h8-15,24-25,28,36,39H,2-7,16-19H2,1H3,(H,30,37)(H,32,38). The monoisotopic (exact) mass is 598 g/mol. The van der Waals surface area contributed by atoms with Crippen molar-refractivity contribution >= 4 is 23.6 Å². The quantitative estimate of drug-likeness (QED) is 0.0882. The highest BCUT2D eigenvalue weighted by Crippen LogP contribution is 2.39. The number of aromatic nitrogens is 4. The van der Waals surface area contributed by atoms with E-state index in [0.717, 1.165) is 41.5 Å². The lowest BCUT2D eigenvalue weighted by atomic mass is 10.0. The largest absolute Gasteiger partial charge is 0.392 e. The maximum absolute atomic E-state index is 12.3. The fourth-order valence-electron chi connectivity index (χ4n) is 4.60. The van der Waals surface area contributed by atoms with Crippen LogP contribution in [0.1, 0.15) is 79.6 Å². The number of ether oxygens (including phenoxy) is 2. The van der Waals surface area contributed by atoms with E-state index in [2.05, 4.69) is 20.8 Å². The third-order valence-electron chi connectivity index (χ3n) is 7.02. The van der Waals surface area contributed by atoms with Gasteiger partial charge in [0.2, 0.25) is 17.0 Å². The summed E-state index contributed by atoms with van der Waals surface area (Å²) >= 11 is 1.53. The predicted molar refractivity (Wildman–Crippen MR) is 154 cm³/mol. The zero-order valence-electron chi connectivity index (χ0n) is 23.6. The molecule has 3 unspecified atom stereocenters. The molecule has 1 saturated heterocycles. The Morgan fingerprint density at radius 3 is 2.26 bits per heavy atom. The van der Waals surface area contributed by atoms with E-state index in [1.54, 1.807) is 17.2 Å². The van der Waals surface area contributed by atoms with Crippen molar-refractivity contribution in [2.75, 3.05) is 5.75 Å². The Morgan fingerprint density at radius 2 is 1.62 bits per heavy atom. The molecule has 13 heteroatoms. The van der Waals surface area contributed by atoms with Gasteiger partial charge in [-0.1, -0.05) is 73.1 Å². The number of carbonyl (C=O) groups is 2. The molecule has 3 atom stereocenters. The van der Waals surface area contributed by atoms with Crippen molar-refractivity contribution in [1.82, 2.24) is 31.0 Å². The fraction of sp³-hybridized carbons (Fsp3) is 0.483. The first-order valence-electron chi connectivity index (χ1n) is 14.1. The van der Waals surface area contributed by atoms with E-state index < -0.39 is 6.29 Å². The molecule has 3 aromatic rings. The normalized spacial score (nSPS) is 18.5. The number of nitrogens with one attached hydrogen (secondary N) is 2. The van der Waals surface area contributed by atoms with Gasteiger partial charge in [-0.05, 0) is 40.0 Å². The number of hydrogen-bond donors (Lipinski definition) is 4. The minimum absolute atomic E-state index is 0.0112. The maximum atomic E-state index is 12.3. The van der Waals surface area contributed by atoms with Gasteiger partial charge in [-0.25, -0.2) is 10.2 Å². The van der Waals surface area contributed by atoms with Crippen LogP contribution < -0.4 is 10.8 Å². The molecule has 0 radical (unpaired) electrons. The Morgan fingerprint density at radius 1 is 0.952 bits per heavy atom. The molecule has 0 aliphatic carbocycles. The van der Waals surface area contributed by atoms with Crippen LogP contribution in [-0.4, -0.2) is 54.2 Å². The Labute approximate surface area is 249 Å². The molecule has 12 nitrogen and oxygen atoms in total. The van der Waals surface area contributed by atoms with E-state index in [-0.39, 0.29) is 37.0 Å². The van der Waals surface area contributed by atoms with Gasteiger partial charge in [0.05, 0.1) is 18.8 Å². The third-order valence-corrected chi connectivity index (χ3v) is 8.16. The van der Waals surface area contributed by atoms with Gasteiger partial charge in [0.1, 0.15) is 0 Å². The number of benzene rings is 2. The number of hydroxylamine groups is 1. The number of aliphatic hydroxyl groups is 1. The maximum Gasteiger partial charge on any atom is 0.243 e. The van der Waals surface area contributed by atoms with Crippen LogP contribution in [0, 0.1) is 0 Å². The molecule has 2 aromatic carbocycles. The number of hydrogen-bond acceptors (Lipinski definition) is 10. The van der Waals surface area contributed by atoms with Gasteiger partial charge in [-0.3, -0.25) is 14.8 Å². The van der Waals surface area contributed by atoms with Crippen LogP contribution in [0.15, 0.2) is 53.7 Å². The average Bonchev–Trinajstić information content (AvgIpc) is 3.44. The molecule has 2 amide bonds. The molecule has 4 N–H and O–H groups in total. The van der Waals surface area contributed by atoms with E-state index in [9.17, 15) is 14.7 Å². The smallest absolute Gasteiger partial charge is 0.243 e. The minimum Gasteiger partial charge on any atom is -0.392 e. The molecule has 1 fully saturated rings. The summed E-state index contributed by atoms with van der Waals surface area (Å²) in [7, 11) is 1.80. The van der Waals surface area contributed by atoms with Crippen LogP contribution >= 0.6 is 11.8 Å². The molecule has 226 valence electrons. The summed E-state index contributed by atoms with van der Waals surface area (Å²) in [6.45, 7) is 0.412. The molecule has 42 heavy (non-hydrogen) atoms. The number of carbonyl (C=O) groups excluding carboxylic acids is 2. The van der Waals surface area contributed by atoms with Crippen LogP contribution in [0.3, 0.4) is 0 Å².